The van der Waals surface area contributed by atoms with E-state index in [9.17, 15) is 0 Å². The van der Waals surface area contributed by atoms with Gasteiger partial charge in [-0.2, -0.15) is 10.3 Å². The lowest BCUT2D eigenvalue weighted by atomic mass is 10.3. The number of aromatic amines is 1. The summed E-state index contributed by atoms with van der Waals surface area (Å²) in [6.45, 7) is 0.738. The van der Waals surface area contributed by atoms with Crippen molar-refractivity contribution in [3.05, 3.63) is 17.8 Å². The summed E-state index contributed by atoms with van der Waals surface area (Å²) < 4.78 is 6.77. The molecule has 20 heavy (non-hydrogen) atoms. The number of aryl methyl sites for hydroxylation is 1. The number of nitrogens with one attached hydrogen (secondary N) is 2. The van der Waals surface area contributed by atoms with E-state index in [2.05, 4.69) is 41.0 Å². The lowest BCUT2D eigenvalue weighted by molar-refractivity contribution is 0.178. The van der Waals surface area contributed by atoms with Crippen molar-refractivity contribution < 1.29 is 4.74 Å². The van der Waals surface area contributed by atoms with E-state index >= 15 is 0 Å². The molecular weight excluding hydrogens is 262 g/mol. The first-order valence-corrected chi connectivity index (χ1v) is 5.91. The minimum Gasteiger partial charge on any atom is -0.377 e. The fourth-order valence-electron chi connectivity index (χ4n) is 1.82. The second-order valence-corrected chi connectivity index (χ2v) is 4.11. The molecule has 2 N–H and O–H groups in total. The Kier molecular flexibility index (Phi) is 3.21. The van der Waals surface area contributed by atoms with E-state index in [1.54, 1.807) is 18.0 Å². The van der Waals surface area contributed by atoms with Crippen molar-refractivity contribution in [3.63, 3.8) is 0 Å². The SMILES string of the molecule is COCc1nc(NCc2nn[nH]n2)c2cnn(C)c2n1. The van der Waals surface area contributed by atoms with Crippen LogP contribution in [0.4, 0.5) is 5.82 Å². The summed E-state index contributed by atoms with van der Waals surface area (Å²) in [7, 11) is 3.43. The first-order valence-electron chi connectivity index (χ1n) is 5.91. The van der Waals surface area contributed by atoms with Crippen LogP contribution in [0, 0.1) is 0 Å². The summed E-state index contributed by atoms with van der Waals surface area (Å²) in [5.41, 5.74) is 0.739. The second kappa shape index (κ2) is 5.17. The Balaban J connectivity index is 1.94. The van der Waals surface area contributed by atoms with Gasteiger partial charge in [0.1, 0.15) is 12.4 Å². The highest BCUT2D eigenvalue weighted by atomic mass is 16.5. The molecule has 0 amide bonds. The molecular formula is C10H13N9O. The van der Waals surface area contributed by atoms with E-state index < -0.39 is 0 Å². The van der Waals surface area contributed by atoms with Gasteiger partial charge in [0.15, 0.2) is 17.3 Å². The lowest BCUT2D eigenvalue weighted by Crippen LogP contribution is -2.07. The predicted octanol–water partition coefficient (Wildman–Crippen LogP) is -0.365. The molecule has 10 heteroatoms. The third-order valence-electron chi connectivity index (χ3n) is 2.72. The van der Waals surface area contributed by atoms with E-state index in [1.807, 2.05) is 7.05 Å². The lowest BCUT2D eigenvalue weighted by Gasteiger charge is -2.07. The molecule has 104 valence electrons. The largest absolute Gasteiger partial charge is 0.377 e. The average molecular weight is 275 g/mol. The van der Waals surface area contributed by atoms with Crippen molar-refractivity contribution in [3.8, 4) is 0 Å². The average Bonchev–Trinajstić information content (AvgIpc) is 3.07. The third kappa shape index (κ3) is 2.28. The van der Waals surface area contributed by atoms with Crippen molar-refractivity contribution in [2.24, 2.45) is 7.05 Å². The van der Waals surface area contributed by atoms with E-state index in [-0.39, 0.29) is 0 Å². The van der Waals surface area contributed by atoms with Gasteiger partial charge in [-0.15, -0.1) is 10.2 Å². The molecule has 3 heterocycles. The molecule has 0 aromatic carbocycles. The number of hydrogen-bond donors (Lipinski definition) is 2. The highest BCUT2D eigenvalue weighted by Gasteiger charge is 2.12. The van der Waals surface area contributed by atoms with E-state index in [1.165, 1.54) is 0 Å². The molecule has 10 nitrogen and oxygen atoms in total. The third-order valence-corrected chi connectivity index (χ3v) is 2.72. The van der Waals surface area contributed by atoms with Gasteiger partial charge in [-0.25, -0.2) is 9.97 Å². The fourth-order valence-corrected chi connectivity index (χ4v) is 1.82. The number of hydrogen-bond acceptors (Lipinski definition) is 8. The van der Waals surface area contributed by atoms with Crippen LogP contribution in [0.3, 0.4) is 0 Å². The van der Waals surface area contributed by atoms with Crippen LogP contribution in [0.1, 0.15) is 11.6 Å². The first-order chi connectivity index (χ1) is 9.78. The first kappa shape index (κ1) is 12.4. The second-order valence-electron chi connectivity index (χ2n) is 4.11. The number of methoxy groups -OCH3 is 1. The van der Waals surface area contributed by atoms with Gasteiger partial charge in [-0.3, -0.25) is 4.68 Å². The highest BCUT2D eigenvalue weighted by Crippen LogP contribution is 2.20. The molecule has 0 aliphatic heterocycles. The molecule has 0 spiro atoms. The smallest absolute Gasteiger partial charge is 0.193 e. The monoisotopic (exact) mass is 275 g/mol. The molecule has 0 bridgehead atoms. The van der Waals surface area contributed by atoms with Crippen LogP contribution in [0.5, 0.6) is 0 Å². The summed E-state index contributed by atoms with van der Waals surface area (Å²) in [4.78, 5) is 8.82. The van der Waals surface area contributed by atoms with Crippen LogP contribution in [-0.4, -0.2) is 47.5 Å². The van der Waals surface area contributed by atoms with Crippen LogP contribution in [0.2, 0.25) is 0 Å². The Morgan fingerprint density at radius 3 is 3.00 bits per heavy atom. The Morgan fingerprint density at radius 1 is 1.35 bits per heavy atom. The number of aromatic nitrogens is 8. The van der Waals surface area contributed by atoms with Gasteiger partial charge in [0, 0.05) is 14.2 Å². The molecule has 0 fully saturated rings. The molecule has 0 atom stereocenters. The number of rotatable bonds is 5. The number of anilines is 1. The van der Waals surface area contributed by atoms with Gasteiger partial charge < -0.3 is 10.1 Å². The van der Waals surface area contributed by atoms with Crippen LogP contribution in [-0.2, 0) is 24.9 Å². The van der Waals surface area contributed by atoms with Crippen molar-refractivity contribution in [2.45, 2.75) is 13.2 Å². The summed E-state index contributed by atoms with van der Waals surface area (Å²) in [5.74, 6) is 1.80. The number of fused-ring (bicyclic) bond motifs is 1. The quantitative estimate of drug-likeness (QED) is 0.647. The molecule has 0 saturated carbocycles. The standard InChI is InChI=1S/C10H13N9O/c1-19-10-6(3-12-19)9(13-8(14-10)5-20-2)11-4-7-15-17-18-16-7/h3H,4-5H2,1-2H3,(H,11,13,14)(H,15,16,17,18). The van der Waals surface area contributed by atoms with E-state index in [0.717, 1.165) is 11.0 Å². The summed E-state index contributed by atoms with van der Waals surface area (Å²) in [6, 6.07) is 0. The fraction of sp³-hybridized carbons (Fsp3) is 0.400. The van der Waals surface area contributed by atoms with Gasteiger partial charge >= 0.3 is 0 Å². The van der Waals surface area contributed by atoms with Crippen LogP contribution in [0.15, 0.2) is 6.20 Å². The molecule has 3 aromatic heterocycles. The van der Waals surface area contributed by atoms with Crippen molar-refractivity contribution in [2.75, 3.05) is 12.4 Å². The molecule has 0 radical (unpaired) electrons. The Labute approximate surface area is 113 Å². The molecule has 3 rings (SSSR count). The summed E-state index contributed by atoms with van der Waals surface area (Å²) in [5, 5.41) is 21.8. The zero-order valence-corrected chi connectivity index (χ0v) is 11.0. The normalized spacial score (nSPS) is 11.1. The summed E-state index contributed by atoms with van der Waals surface area (Å²) in [6.07, 6.45) is 1.71. The van der Waals surface area contributed by atoms with Crippen LogP contribution < -0.4 is 5.32 Å². The van der Waals surface area contributed by atoms with Crippen molar-refractivity contribution in [1.29, 1.82) is 0 Å². The van der Waals surface area contributed by atoms with Gasteiger partial charge in [0.2, 0.25) is 0 Å². The maximum absolute atomic E-state index is 5.08. The van der Waals surface area contributed by atoms with Gasteiger partial charge in [-0.1, -0.05) is 5.21 Å². The predicted molar refractivity (Wildman–Crippen MR) is 68.5 cm³/mol. The maximum Gasteiger partial charge on any atom is 0.193 e. The van der Waals surface area contributed by atoms with Gasteiger partial charge in [0.25, 0.3) is 0 Å². The Bertz CT molecular complexity index is 705. The number of ether oxygens (including phenoxy) is 1. The molecule has 0 aliphatic rings. The van der Waals surface area contributed by atoms with Crippen molar-refractivity contribution >= 4 is 16.9 Å². The topological polar surface area (TPSA) is 119 Å². The number of nitrogens with zero attached hydrogens (tertiary/aromatic N) is 7. The molecule has 3 aromatic rings. The summed E-state index contributed by atoms with van der Waals surface area (Å²) >= 11 is 0. The minimum atomic E-state index is 0.331. The molecule has 0 aliphatic carbocycles. The van der Waals surface area contributed by atoms with E-state index in [0.29, 0.717) is 30.6 Å². The number of tetrazole rings is 1. The molecule has 0 unspecified atom stereocenters. The van der Waals surface area contributed by atoms with Crippen molar-refractivity contribution in [1.82, 2.24) is 40.4 Å². The zero-order valence-electron chi connectivity index (χ0n) is 11.0. The van der Waals surface area contributed by atoms with Gasteiger partial charge in [0.05, 0.1) is 18.1 Å². The van der Waals surface area contributed by atoms with Crippen LogP contribution in [0.25, 0.3) is 11.0 Å². The molecule has 0 saturated heterocycles. The minimum absolute atomic E-state index is 0.331. The van der Waals surface area contributed by atoms with Crippen LogP contribution >= 0.6 is 0 Å². The maximum atomic E-state index is 5.08. The highest BCUT2D eigenvalue weighted by molar-refractivity contribution is 5.86. The van der Waals surface area contributed by atoms with Gasteiger partial charge in [-0.05, 0) is 0 Å². The Morgan fingerprint density at radius 2 is 2.25 bits per heavy atom. The van der Waals surface area contributed by atoms with E-state index in [4.69, 9.17) is 4.74 Å². The number of H-pyrrole nitrogens is 1. The Hall–Kier alpha value is -2.62. The zero-order chi connectivity index (χ0) is 13.9.